The molecule has 5 heteroatoms. The molecule has 2 unspecified atom stereocenters. The first-order valence-corrected chi connectivity index (χ1v) is 18.4. The summed E-state index contributed by atoms with van der Waals surface area (Å²) in [6.07, 6.45) is 12.3. The molecule has 0 fully saturated rings. The van der Waals surface area contributed by atoms with Crippen molar-refractivity contribution < 1.29 is 9.59 Å². The van der Waals surface area contributed by atoms with E-state index in [-0.39, 0.29) is 17.1 Å². The molecular formula is C43H71N3O2. The van der Waals surface area contributed by atoms with Crippen molar-refractivity contribution >= 4 is 11.7 Å². The van der Waals surface area contributed by atoms with E-state index < -0.39 is 12.1 Å². The Bertz CT molecular complexity index is 1170. The molecule has 0 aliphatic carbocycles. The highest BCUT2D eigenvalue weighted by Gasteiger charge is 2.25. The second-order valence-electron chi connectivity index (χ2n) is 12.5. The van der Waals surface area contributed by atoms with Crippen molar-refractivity contribution in [2.24, 2.45) is 5.41 Å². The van der Waals surface area contributed by atoms with Crippen molar-refractivity contribution in [3.8, 4) is 0 Å². The van der Waals surface area contributed by atoms with E-state index >= 15 is 0 Å². The molecule has 2 aromatic rings. The lowest BCUT2D eigenvalue weighted by molar-refractivity contribution is -0.122. The lowest BCUT2D eigenvalue weighted by Crippen LogP contribution is -2.45. The summed E-state index contributed by atoms with van der Waals surface area (Å²) >= 11 is 0. The minimum absolute atomic E-state index is 0.00791. The highest BCUT2D eigenvalue weighted by atomic mass is 16.2. The molecule has 0 radical (unpaired) electrons. The lowest BCUT2D eigenvalue weighted by atomic mass is 9.92. The third kappa shape index (κ3) is 19.3. The molecule has 0 heterocycles. The van der Waals surface area contributed by atoms with Crippen LogP contribution in [0, 0.1) is 5.41 Å². The van der Waals surface area contributed by atoms with Crippen LogP contribution in [-0.4, -0.2) is 22.6 Å². The van der Waals surface area contributed by atoms with Gasteiger partial charge >= 0.3 is 0 Å². The highest BCUT2D eigenvalue weighted by molar-refractivity contribution is 5.84. The molecule has 0 aromatic heterocycles. The average Bonchev–Trinajstić information content (AvgIpc) is 3.08. The number of allylic oxidation sites excluding steroid dienone is 2. The summed E-state index contributed by atoms with van der Waals surface area (Å²) in [6, 6.07) is 17.4. The quantitative estimate of drug-likeness (QED) is 0.166. The van der Waals surface area contributed by atoms with Crippen LogP contribution in [0.1, 0.15) is 144 Å². The highest BCUT2D eigenvalue weighted by Crippen LogP contribution is 2.25. The summed E-state index contributed by atoms with van der Waals surface area (Å²) in [7, 11) is 0. The van der Waals surface area contributed by atoms with Gasteiger partial charge in [0.1, 0.15) is 12.1 Å². The Balaban J connectivity index is 0. The zero-order valence-corrected chi connectivity index (χ0v) is 32.8. The number of nitrogens with zero attached hydrogens (tertiary/aromatic N) is 1. The van der Waals surface area contributed by atoms with Gasteiger partial charge in [-0.15, -0.1) is 0 Å². The molecule has 0 bridgehead atoms. The molecule has 0 saturated carbocycles. The van der Waals surface area contributed by atoms with E-state index in [1.54, 1.807) is 24.2 Å². The molecule has 270 valence electrons. The van der Waals surface area contributed by atoms with Crippen LogP contribution in [0.4, 0.5) is 0 Å². The van der Waals surface area contributed by atoms with Gasteiger partial charge in [-0.3, -0.25) is 9.59 Å². The van der Waals surface area contributed by atoms with Crippen molar-refractivity contribution in [3.63, 3.8) is 0 Å². The molecule has 0 aliphatic rings. The smallest absolute Gasteiger partial charge is 0.246 e. The van der Waals surface area contributed by atoms with Gasteiger partial charge in [0.2, 0.25) is 5.91 Å². The first-order valence-electron chi connectivity index (χ1n) is 18.4. The maximum atomic E-state index is 13.4. The van der Waals surface area contributed by atoms with Gasteiger partial charge in [0, 0.05) is 23.0 Å². The Labute approximate surface area is 296 Å². The van der Waals surface area contributed by atoms with E-state index in [0.717, 1.165) is 30.5 Å². The minimum atomic E-state index is -0.522. The lowest BCUT2D eigenvalue weighted by Gasteiger charge is -2.29. The van der Waals surface area contributed by atoms with Gasteiger partial charge in [0.15, 0.2) is 5.78 Å². The molecule has 5 nitrogen and oxygen atoms in total. The van der Waals surface area contributed by atoms with Crippen LogP contribution in [0.15, 0.2) is 91.5 Å². The van der Waals surface area contributed by atoms with Crippen LogP contribution in [0.3, 0.4) is 0 Å². The zero-order valence-electron chi connectivity index (χ0n) is 32.8. The summed E-state index contributed by atoms with van der Waals surface area (Å²) in [5.74, 6) is -0.139. The largest absolute Gasteiger partial charge is 0.377 e. The number of amides is 1. The van der Waals surface area contributed by atoms with Crippen LogP contribution in [0.2, 0.25) is 0 Å². The predicted molar refractivity (Wildman–Crippen MR) is 211 cm³/mol. The van der Waals surface area contributed by atoms with E-state index in [1.807, 2.05) is 77.1 Å². The predicted octanol–water partition coefficient (Wildman–Crippen LogP) is 11.5. The first kappa shape index (κ1) is 46.5. The number of carbonyl (C=O) groups is 2. The molecule has 2 aromatic carbocycles. The van der Waals surface area contributed by atoms with Crippen molar-refractivity contribution in [3.05, 3.63) is 108 Å². The van der Waals surface area contributed by atoms with Crippen molar-refractivity contribution in [2.45, 2.75) is 147 Å². The molecule has 1 amide bonds. The fourth-order valence-electron chi connectivity index (χ4n) is 4.67. The molecule has 2 rings (SSSR count). The van der Waals surface area contributed by atoms with Crippen LogP contribution < -0.4 is 10.6 Å². The normalized spacial score (nSPS) is 11.9. The van der Waals surface area contributed by atoms with E-state index in [9.17, 15) is 9.59 Å². The van der Waals surface area contributed by atoms with Gasteiger partial charge in [0.05, 0.1) is 0 Å². The van der Waals surface area contributed by atoms with E-state index in [0.29, 0.717) is 12.1 Å². The monoisotopic (exact) mass is 662 g/mol. The summed E-state index contributed by atoms with van der Waals surface area (Å²) in [6.45, 7) is 32.3. The number of nitrogens with one attached hydrogen (secondary N) is 2. The summed E-state index contributed by atoms with van der Waals surface area (Å²) < 4.78 is 0. The topological polar surface area (TPSA) is 61.4 Å². The van der Waals surface area contributed by atoms with Crippen LogP contribution in [0.25, 0.3) is 0 Å². The number of rotatable bonds is 17. The van der Waals surface area contributed by atoms with Crippen LogP contribution >= 0.6 is 0 Å². The van der Waals surface area contributed by atoms with Gasteiger partial charge in [-0.05, 0) is 62.4 Å². The molecular weight excluding hydrogens is 590 g/mol. The Hall–Kier alpha value is -3.60. The fraction of sp³-hybridized carbons (Fsp3) is 0.535. The number of Topliss-reactive ketones (excluding diaryl/α,β-unsaturated/α-hetero) is 1. The first-order chi connectivity index (χ1) is 22.9. The maximum Gasteiger partial charge on any atom is 0.246 e. The number of hydrogen-bond acceptors (Lipinski definition) is 4. The molecule has 2 atom stereocenters. The number of carbonyl (C=O) groups excluding carboxylic acids is 2. The Morgan fingerprint density at radius 1 is 0.833 bits per heavy atom. The van der Waals surface area contributed by atoms with Gasteiger partial charge in [-0.25, -0.2) is 0 Å². The average molecular weight is 662 g/mol. The third-order valence-electron chi connectivity index (χ3n) is 7.59. The molecule has 0 saturated heterocycles. The van der Waals surface area contributed by atoms with Gasteiger partial charge in [0.25, 0.3) is 0 Å². The Kier molecular flexibility index (Phi) is 26.5. The number of ketones is 1. The van der Waals surface area contributed by atoms with E-state index in [4.69, 9.17) is 0 Å². The number of hydrogen-bond donors (Lipinski definition) is 2. The maximum absolute atomic E-state index is 13.4. The van der Waals surface area contributed by atoms with Crippen molar-refractivity contribution in [1.29, 1.82) is 0 Å². The van der Waals surface area contributed by atoms with Crippen molar-refractivity contribution in [1.82, 2.24) is 15.5 Å². The minimum Gasteiger partial charge on any atom is -0.377 e. The molecule has 48 heavy (non-hydrogen) atoms. The number of benzene rings is 2. The second kappa shape index (κ2) is 27.4. The second-order valence-corrected chi connectivity index (χ2v) is 12.5. The van der Waals surface area contributed by atoms with Gasteiger partial charge in [-0.2, -0.15) is 0 Å². The van der Waals surface area contributed by atoms with E-state index in [2.05, 4.69) is 77.5 Å². The third-order valence-corrected chi connectivity index (χ3v) is 7.59. The summed E-state index contributed by atoms with van der Waals surface area (Å²) in [5, 5.41) is 6.40. The summed E-state index contributed by atoms with van der Waals surface area (Å²) in [4.78, 5) is 27.8. The Morgan fingerprint density at radius 3 is 1.81 bits per heavy atom. The Morgan fingerprint density at radius 2 is 1.38 bits per heavy atom. The van der Waals surface area contributed by atoms with Crippen LogP contribution in [-0.2, 0) is 22.4 Å². The number of unbranched alkanes of at least 4 members (excludes halogenated alkanes) is 3. The van der Waals surface area contributed by atoms with Crippen molar-refractivity contribution in [2.75, 3.05) is 0 Å². The van der Waals surface area contributed by atoms with E-state index in [1.165, 1.54) is 36.8 Å². The molecule has 0 aliphatic heterocycles. The molecule has 2 N–H and O–H groups in total. The SMILES string of the molecule is C=CN(/C=C(\C)NC(=O)C(CCCc1ccccc1)NC(=C)C(C)(C)C)C(C(C)=O)c1ccc(CC)cc1.CC.CC.CCCCCC. The van der Waals surface area contributed by atoms with Crippen LogP contribution in [0.5, 0.6) is 0 Å². The number of aryl methyl sites for hydroxylation is 2. The standard InChI is InChI=1S/C33H45N3O2.C6H14.2C2H6/c1-9-27-19-21-29(22-20-27)31(25(4)37)36(10-2)23-24(3)34-32(38)30(35-26(5)33(6,7)8)18-14-17-28-15-12-11-13-16-28;1-3-5-6-4-2;2*1-2/h10-13,15-16,19-23,30-31,35H,2,5,9,14,17-18H2,1,3-4,6-8H3,(H,34,38);3-6H2,1-2H3;2*1-2H3/b24-23+;;;. The zero-order chi connectivity index (χ0) is 37.1. The fourth-order valence-corrected chi connectivity index (χ4v) is 4.67. The van der Waals surface area contributed by atoms with Gasteiger partial charge in [-0.1, -0.05) is 163 Å². The summed E-state index contributed by atoms with van der Waals surface area (Å²) in [5.41, 5.74) is 4.61. The molecule has 0 spiro atoms. The van der Waals surface area contributed by atoms with Gasteiger partial charge < -0.3 is 15.5 Å².